The zero-order valence-corrected chi connectivity index (χ0v) is 10.5. The Labute approximate surface area is 103 Å². The van der Waals surface area contributed by atoms with Gasteiger partial charge in [0.2, 0.25) is 0 Å². The molecule has 96 valence electrons. The molecule has 0 radical (unpaired) electrons. The van der Waals surface area contributed by atoms with Gasteiger partial charge in [-0.3, -0.25) is 4.98 Å². The number of fused-ring (bicyclic) bond motifs is 1. The van der Waals surface area contributed by atoms with Gasteiger partial charge in [0.25, 0.3) is 0 Å². The summed E-state index contributed by atoms with van der Waals surface area (Å²) in [6.07, 6.45) is 0. The van der Waals surface area contributed by atoms with Crippen LogP contribution in [0.1, 0.15) is 20.8 Å². The van der Waals surface area contributed by atoms with Gasteiger partial charge in [0.05, 0.1) is 5.52 Å². The maximum absolute atomic E-state index is 11.6. The van der Waals surface area contributed by atoms with Crippen LogP contribution in [0, 0.1) is 0 Å². The molecule has 18 heavy (non-hydrogen) atoms. The number of carbonyl (C=O) groups excluding carboxylic acids is 1. The predicted molar refractivity (Wildman–Crippen MR) is 68.7 cm³/mol. The van der Waals surface area contributed by atoms with Crippen LogP contribution in [0.25, 0.3) is 11.1 Å². The minimum Gasteiger partial charge on any atom is -0.408 e. The molecule has 0 spiro atoms. The van der Waals surface area contributed by atoms with E-state index in [1.165, 1.54) is 0 Å². The second-order valence-corrected chi connectivity index (χ2v) is 5.05. The lowest BCUT2D eigenvalue weighted by Crippen LogP contribution is -2.43. The highest BCUT2D eigenvalue weighted by Gasteiger charge is 2.13. The van der Waals surface area contributed by atoms with E-state index >= 15 is 0 Å². The molecule has 0 atom stereocenters. The van der Waals surface area contributed by atoms with Gasteiger partial charge in [-0.05, 0) is 32.9 Å². The zero-order chi connectivity index (χ0) is 13.3. The fourth-order valence-electron chi connectivity index (χ4n) is 1.53. The van der Waals surface area contributed by atoms with Crippen molar-refractivity contribution < 1.29 is 9.21 Å². The molecule has 2 amide bonds. The highest BCUT2D eigenvalue weighted by Crippen LogP contribution is 2.16. The van der Waals surface area contributed by atoms with Crippen molar-refractivity contribution in [2.75, 3.05) is 5.32 Å². The van der Waals surface area contributed by atoms with Gasteiger partial charge < -0.3 is 15.1 Å². The zero-order valence-electron chi connectivity index (χ0n) is 10.5. The number of hydrogen-bond acceptors (Lipinski definition) is 3. The SMILES string of the molecule is CC(C)(C)NC(=O)Nc1ccc2[nH]c(=O)oc2c1. The van der Waals surface area contributed by atoms with Crippen molar-refractivity contribution in [2.45, 2.75) is 26.3 Å². The average molecular weight is 249 g/mol. The number of rotatable bonds is 1. The van der Waals surface area contributed by atoms with E-state index in [9.17, 15) is 9.59 Å². The molecule has 0 aliphatic heterocycles. The Kier molecular flexibility index (Phi) is 2.86. The third-order valence-electron chi connectivity index (χ3n) is 2.17. The van der Waals surface area contributed by atoms with Crippen LogP contribution >= 0.6 is 0 Å². The van der Waals surface area contributed by atoms with Crippen molar-refractivity contribution in [1.29, 1.82) is 0 Å². The summed E-state index contributed by atoms with van der Waals surface area (Å²) in [5.74, 6) is -0.513. The van der Waals surface area contributed by atoms with E-state index in [-0.39, 0.29) is 11.6 Å². The van der Waals surface area contributed by atoms with Crippen molar-refractivity contribution in [2.24, 2.45) is 0 Å². The van der Waals surface area contributed by atoms with Crippen LogP contribution in [0.4, 0.5) is 10.5 Å². The molecule has 0 aliphatic rings. The summed E-state index contributed by atoms with van der Waals surface area (Å²) in [5, 5.41) is 5.44. The maximum Gasteiger partial charge on any atom is 0.417 e. The van der Waals surface area contributed by atoms with Gasteiger partial charge in [-0.1, -0.05) is 0 Å². The number of aromatic nitrogens is 1. The van der Waals surface area contributed by atoms with Crippen molar-refractivity contribution in [3.8, 4) is 0 Å². The van der Waals surface area contributed by atoms with Crippen LogP contribution in [0.2, 0.25) is 0 Å². The maximum atomic E-state index is 11.6. The Morgan fingerprint density at radius 2 is 2.06 bits per heavy atom. The molecule has 1 aromatic carbocycles. The number of carbonyl (C=O) groups is 1. The highest BCUT2D eigenvalue weighted by atomic mass is 16.4. The quantitative estimate of drug-likeness (QED) is 0.722. The van der Waals surface area contributed by atoms with E-state index in [1.54, 1.807) is 18.2 Å². The van der Waals surface area contributed by atoms with E-state index < -0.39 is 5.76 Å². The first kappa shape index (κ1) is 12.2. The van der Waals surface area contributed by atoms with Gasteiger partial charge >= 0.3 is 11.8 Å². The molecule has 1 heterocycles. The average Bonchev–Trinajstić information content (AvgIpc) is 2.53. The number of amides is 2. The Morgan fingerprint density at radius 3 is 2.72 bits per heavy atom. The summed E-state index contributed by atoms with van der Waals surface area (Å²) in [7, 11) is 0. The standard InChI is InChI=1S/C12H15N3O3/c1-12(2,3)15-10(16)13-7-4-5-8-9(6-7)18-11(17)14-8/h4-6H,1-3H3,(H,14,17)(H2,13,15,16). The summed E-state index contributed by atoms with van der Waals surface area (Å²) in [4.78, 5) is 25.2. The van der Waals surface area contributed by atoms with E-state index in [2.05, 4.69) is 15.6 Å². The lowest BCUT2D eigenvalue weighted by atomic mass is 10.1. The van der Waals surface area contributed by atoms with Crippen molar-refractivity contribution >= 4 is 22.8 Å². The van der Waals surface area contributed by atoms with Crippen molar-refractivity contribution in [3.05, 3.63) is 28.7 Å². The van der Waals surface area contributed by atoms with Gasteiger partial charge in [-0.15, -0.1) is 0 Å². The number of aromatic amines is 1. The predicted octanol–water partition coefficient (Wildman–Crippen LogP) is 2.04. The van der Waals surface area contributed by atoms with E-state index in [0.29, 0.717) is 16.8 Å². The molecule has 0 fully saturated rings. The molecule has 6 nitrogen and oxygen atoms in total. The first-order chi connectivity index (χ1) is 8.33. The number of anilines is 1. The van der Waals surface area contributed by atoms with Crippen molar-refractivity contribution in [3.63, 3.8) is 0 Å². The van der Waals surface area contributed by atoms with Crippen LogP contribution in [0.15, 0.2) is 27.4 Å². The van der Waals surface area contributed by atoms with Crippen LogP contribution in [-0.2, 0) is 0 Å². The Bertz CT molecular complexity index is 634. The van der Waals surface area contributed by atoms with E-state index in [1.807, 2.05) is 20.8 Å². The van der Waals surface area contributed by atoms with E-state index in [0.717, 1.165) is 0 Å². The minimum absolute atomic E-state index is 0.306. The molecule has 1 aromatic heterocycles. The molecule has 0 saturated carbocycles. The molecule has 0 bridgehead atoms. The Balaban J connectivity index is 2.17. The molecular weight excluding hydrogens is 234 g/mol. The smallest absolute Gasteiger partial charge is 0.408 e. The van der Waals surface area contributed by atoms with Crippen LogP contribution in [0.5, 0.6) is 0 Å². The number of benzene rings is 1. The first-order valence-corrected chi connectivity index (χ1v) is 5.55. The summed E-state index contributed by atoms with van der Waals surface area (Å²) in [6, 6.07) is 4.65. The molecule has 0 aliphatic carbocycles. The number of urea groups is 1. The molecule has 2 aromatic rings. The van der Waals surface area contributed by atoms with Crippen molar-refractivity contribution in [1.82, 2.24) is 10.3 Å². The molecule has 0 unspecified atom stereocenters. The largest absolute Gasteiger partial charge is 0.417 e. The first-order valence-electron chi connectivity index (χ1n) is 5.55. The highest BCUT2D eigenvalue weighted by molar-refractivity contribution is 5.91. The minimum atomic E-state index is -0.513. The number of hydrogen-bond donors (Lipinski definition) is 3. The second kappa shape index (κ2) is 4.21. The molecule has 3 N–H and O–H groups in total. The van der Waals surface area contributed by atoms with Crippen LogP contribution < -0.4 is 16.4 Å². The van der Waals surface area contributed by atoms with Crippen LogP contribution in [-0.4, -0.2) is 16.6 Å². The fraction of sp³-hybridized carbons (Fsp3) is 0.333. The summed E-state index contributed by atoms with van der Waals surface area (Å²) >= 11 is 0. The van der Waals surface area contributed by atoms with Gasteiger partial charge in [-0.25, -0.2) is 9.59 Å². The Hall–Kier alpha value is -2.24. The van der Waals surface area contributed by atoms with E-state index in [4.69, 9.17) is 4.42 Å². The third kappa shape index (κ3) is 2.91. The molecule has 0 saturated heterocycles. The summed E-state index contributed by atoms with van der Waals surface area (Å²) < 4.78 is 4.91. The molecule has 2 rings (SSSR count). The van der Waals surface area contributed by atoms with Gasteiger partial charge in [0.15, 0.2) is 5.58 Å². The summed E-state index contributed by atoms with van der Waals surface area (Å²) in [5.41, 5.74) is 1.26. The topological polar surface area (TPSA) is 87.1 Å². The monoisotopic (exact) mass is 249 g/mol. The van der Waals surface area contributed by atoms with Gasteiger partial charge in [-0.2, -0.15) is 0 Å². The Morgan fingerprint density at radius 1 is 1.33 bits per heavy atom. The van der Waals surface area contributed by atoms with Gasteiger partial charge in [0.1, 0.15) is 0 Å². The summed E-state index contributed by atoms with van der Waals surface area (Å²) in [6.45, 7) is 5.67. The number of H-pyrrole nitrogens is 1. The fourth-order valence-corrected chi connectivity index (χ4v) is 1.53. The third-order valence-corrected chi connectivity index (χ3v) is 2.17. The molecular formula is C12H15N3O3. The molecule has 6 heteroatoms. The second-order valence-electron chi connectivity index (χ2n) is 5.05. The number of oxazole rings is 1. The lowest BCUT2D eigenvalue weighted by Gasteiger charge is -2.20. The lowest BCUT2D eigenvalue weighted by molar-refractivity contribution is 0.244. The normalized spacial score (nSPS) is 11.5. The van der Waals surface area contributed by atoms with Crippen LogP contribution in [0.3, 0.4) is 0 Å². The van der Waals surface area contributed by atoms with Gasteiger partial charge in [0, 0.05) is 17.3 Å². The number of nitrogens with one attached hydrogen (secondary N) is 3.